The molecule has 0 spiro atoms. The summed E-state index contributed by atoms with van der Waals surface area (Å²) in [6.07, 6.45) is 7.81. The minimum atomic E-state index is 0.597. The predicted molar refractivity (Wildman–Crippen MR) is 90.8 cm³/mol. The van der Waals surface area contributed by atoms with Crippen molar-refractivity contribution < 1.29 is 0 Å². The van der Waals surface area contributed by atoms with Crippen LogP contribution in [0.5, 0.6) is 0 Å². The van der Waals surface area contributed by atoms with E-state index in [0.717, 1.165) is 31.0 Å². The number of nitrogens with one attached hydrogen (secondary N) is 2. The van der Waals surface area contributed by atoms with Gasteiger partial charge in [0.05, 0.1) is 0 Å². The summed E-state index contributed by atoms with van der Waals surface area (Å²) < 4.78 is 0. The van der Waals surface area contributed by atoms with Gasteiger partial charge in [-0.25, -0.2) is 0 Å². The summed E-state index contributed by atoms with van der Waals surface area (Å²) in [5, 5.41) is 7.06. The molecule has 2 aliphatic rings. The van der Waals surface area contributed by atoms with Gasteiger partial charge < -0.3 is 15.5 Å². The highest BCUT2D eigenvalue weighted by Crippen LogP contribution is 2.29. The van der Waals surface area contributed by atoms with Crippen LogP contribution in [0.15, 0.2) is 4.99 Å². The third-order valence-electron chi connectivity index (χ3n) is 4.94. The Morgan fingerprint density at radius 1 is 1.10 bits per heavy atom. The van der Waals surface area contributed by atoms with Crippen molar-refractivity contribution in [2.45, 2.75) is 71.4 Å². The Bertz CT molecular complexity index is 313. The first kappa shape index (κ1) is 16.6. The third-order valence-corrected chi connectivity index (χ3v) is 4.94. The lowest BCUT2D eigenvalue weighted by Crippen LogP contribution is -2.49. The van der Waals surface area contributed by atoms with Gasteiger partial charge in [0.2, 0.25) is 0 Å². The number of likely N-dealkylation sites (tertiary alicyclic amines) is 1. The standard InChI is InChI=1S/C17H34N4/c1-4-14(5-2)13-19-17(18-6-3)20-15-9-11-21(12-10-15)16-7-8-16/h14-16H,4-13H2,1-3H3,(H2,18,19,20). The molecule has 0 aromatic carbocycles. The molecule has 122 valence electrons. The van der Waals surface area contributed by atoms with Gasteiger partial charge in [-0.1, -0.05) is 26.7 Å². The fraction of sp³-hybridized carbons (Fsp3) is 0.941. The van der Waals surface area contributed by atoms with Gasteiger partial charge in [-0.3, -0.25) is 4.99 Å². The highest BCUT2D eigenvalue weighted by Gasteiger charge is 2.31. The number of hydrogen-bond acceptors (Lipinski definition) is 2. The lowest BCUT2D eigenvalue weighted by molar-refractivity contribution is 0.197. The summed E-state index contributed by atoms with van der Waals surface area (Å²) in [7, 11) is 0. The molecule has 1 saturated carbocycles. The van der Waals surface area contributed by atoms with Gasteiger partial charge >= 0.3 is 0 Å². The summed E-state index contributed by atoms with van der Waals surface area (Å²) in [5.74, 6) is 1.74. The zero-order chi connectivity index (χ0) is 15.1. The van der Waals surface area contributed by atoms with Crippen molar-refractivity contribution in [2.75, 3.05) is 26.2 Å². The van der Waals surface area contributed by atoms with Crippen LogP contribution in [0.3, 0.4) is 0 Å². The molecule has 0 bridgehead atoms. The summed E-state index contributed by atoms with van der Waals surface area (Å²) in [6.45, 7) is 11.1. The van der Waals surface area contributed by atoms with E-state index in [-0.39, 0.29) is 0 Å². The molecule has 0 aromatic rings. The SMILES string of the molecule is CCNC(=NCC(CC)CC)NC1CCN(C2CC2)CC1. The van der Waals surface area contributed by atoms with Gasteiger partial charge in [0, 0.05) is 38.3 Å². The molecule has 0 unspecified atom stereocenters. The van der Waals surface area contributed by atoms with E-state index in [2.05, 4.69) is 36.3 Å². The van der Waals surface area contributed by atoms with Crippen LogP contribution < -0.4 is 10.6 Å². The van der Waals surface area contributed by atoms with Gasteiger partial charge in [-0.15, -0.1) is 0 Å². The molecule has 0 amide bonds. The van der Waals surface area contributed by atoms with Gasteiger partial charge in [0.25, 0.3) is 0 Å². The molecular formula is C17H34N4. The molecule has 21 heavy (non-hydrogen) atoms. The first-order valence-corrected chi connectivity index (χ1v) is 9.05. The normalized spacial score (nSPS) is 21.8. The van der Waals surface area contributed by atoms with E-state index in [0.29, 0.717) is 6.04 Å². The van der Waals surface area contributed by atoms with Crippen molar-refractivity contribution in [3.05, 3.63) is 0 Å². The van der Waals surface area contributed by atoms with E-state index in [1.165, 1.54) is 51.6 Å². The molecule has 2 fully saturated rings. The van der Waals surface area contributed by atoms with Crippen LogP contribution in [-0.4, -0.2) is 49.1 Å². The molecule has 1 heterocycles. The van der Waals surface area contributed by atoms with Crippen molar-refractivity contribution in [1.29, 1.82) is 0 Å². The lowest BCUT2D eigenvalue weighted by Gasteiger charge is -2.33. The summed E-state index contributed by atoms with van der Waals surface area (Å²) in [6, 6.07) is 1.52. The fourth-order valence-corrected chi connectivity index (χ4v) is 3.13. The summed E-state index contributed by atoms with van der Waals surface area (Å²) in [5.41, 5.74) is 0. The maximum absolute atomic E-state index is 4.80. The maximum Gasteiger partial charge on any atom is 0.191 e. The molecule has 1 saturated heterocycles. The monoisotopic (exact) mass is 294 g/mol. The van der Waals surface area contributed by atoms with Gasteiger partial charge in [0.1, 0.15) is 0 Å². The Morgan fingerprint density at radius 2 is 1.76 bits per heavy atom. The van der Waals surface area contributed by atoms with Gasteiger partial charge in [-0.05, 0) is 38.5 Å². The van der Waals surface area contributed by atoms with Crippen molar-refractivity contribution in [2.24, 2.45) is 10.9 Å². The van der Waals surface area contributed by atoms with Crippen molar-refractivity contribution in [1.82, 2.24) is 15.5 Å². The quantitative estimate of drug-likeness (QED) is 0.560. The van der Waals surface area contributed by atoms with Crippen LogP contribution in [0, 0.1) is 5.92 Å². The number of nitrogens with zero attached hydrogens (tertiary/aromatic N) is 2. The zero-order valence-electron chi connectivity index (χ0n) is 14.2. The summed E-state index contributed by atoms with van der Waals surface area (Å²) >= 11 is 0. The molecule has 4 heteroatoms. The van der Waals surface area contributed by atoms with Crippen LogP contribution in [0.25, 0.3) is 0 Å². The van der Waals surface area contributed by atoms with Crippen LogP contribution in [-0.2, 0) is 0 Å². The minimum Gasteiger partial charge on any atom is -0.357 e. The average Bonchev–Trinajstić information content (AvgIpc) is 3.34. The number of piperidine rings is 1. The molecule has 1 aliphatic carbocycles. The zero-order valence-corrected chi connectivity index (χ0v) is 14.2. The first-order valence-electron chi connectivity index (χ1n) is 9.05. The molecule has 0 atom stereocenters. The highest BCUT2D eigenvalue weighted by atomic mass is 15.2. The van der Waals surface area contributed by atoms with E-state index in [1.807, 2.05) is 0 Å². The third kappa shape index (κ3) is 5.50. The molecule has 4 nitrogen and oxygen atoms in total. The van der Waals surface area contributed by atoms with Crippen LogP contribution in [0.4, 0.5) is 0 Å². The largest absolute Gasteiger partial charge is 0.357 e. The topological polar surface area (TPSA) is 39.7 Å². The second-order valence-corrected chi connectivity index (χ2v) is 6.59. The summed E-state index contributed by atoms with van der Waals surface area (Å²) in [4.78, 5) is 7.47. The average molecular weight is 294 g/mol. The number of guanidine groups is 1. The van der Waals surface area contributed by atoms with Crippen molar-refractivity contribution in [3.63, 3.8) is 0 Å². The van der Waals surface area contributed by atoms with E-state index >= 15 is 0 Å². The second kappa shape index (κ2) is 8.62. The van der Waals surface area contributed by atoms with Crippen molar-refractivity contribution >= 4 is 5.96 Å². The van der Waals surface area contributed by atoms with Crippen LogP contribution in [0.1, 0.15) is 59.3 Å². The van der Waals surface area contributed by atoms with E-state index in [9.17, 15) is 0 Å². The lowest BCUT2D eigenvalue weighted by atomic mass is 10.0. The van der Waals surface area contributed by atoms with Crippen LogP contribution in [0.2, 0.25) is 0 Å². The highest BCUT2D eigenvalue weighted by molar-refractivity contribution is 5.80. The Labute approximate surface area is 130 Å². The van der Waals surface area contributed by atoms with E-state index in [1.54, 1.807) is 0 Å². The van der Waals surface area contributed by atoms with Crippen molar-refractivity contribution in [3.8, 4) is 0 Å². The second-order valence-electron chi connectivity index (χ2n) is 6.59. The Kier molecular flexibility index (Phi) is 6.81. The van der Waals surface area contributed by atoms with Gasteiger partial charge in [0.15, 0.2) is 5.96 Å². The molecule has 2 rings (SSSR count). The number of rotatable bonds is 7. The minimum absolute atomic E-state index is 0.597. The van der Waals surface area contributed by atoms with Gasteiger partial charge in [-0.2, -0.15) is 0 Å². The molecule has 1 aliphatic heterocycles. The molecule has 2 N–H and O–H groups in total. The van der Waals surface area contributed by atoms with E-state index < -0.39 is 0 Å². The Hall–Kier alpha value is -0.770. The van der Waals surface area contributed by atoms with Crippen LogP contribution >= 0.6 is 0 Å². The molecule has 0 radical (unpaired) electrons. The molecule has 0 aromatic heterocycles. The van der Waals surface area contributed by atoms with E-state index in [4.69, 9.17) is 4.99 Å². The predicted octanol–water partition coefficient (Wildman–Crippen LogP) is 2.60. The fourth-order valence-electron chi connectivity index (χ4n) is 3.13. The maximum atomic E-state index is 4.80. The first-order chi connectivity index (χ1) is 10.3. The Balaban J connectivity index is 1.77. The number of hydrogen-bond donors (Lipinski definition) is 2. The number of aliphatic imine (C=N–C) groups is 1. The Morgan fingerprint density at radius 3 is 2.29 bits per heavy atom. The smallest absolute Gasteiger partial charge is 0.191 e. The molecular weight excluding hydrogens is 260 g/mol.